The van der Waals surface area contributed by atoms with E-state index in [2.05, 4.69) is 15.9 Å². The summed E-state index contributed by atoms with van der Waals surface area (Å²) in [6, 6.07) is 7.40. The molecule has 112 valence electrons. The molecule has 20 heavy (non-hydrogen) atoms. The van der Waals surface area contributed by atoms with E-state index in [0.717, 1.165) is 10.0 Å². The van der Waals surface area contributed by atoms with Crippen molar-refractivity contribution in [3.8, 4) is 0 Å². The number of nitrogens with zero attached hydrogens (tertiary/aromatic N) is 1. The molecule has 1 saturated heterocycles. The Morgan fingerprint density at radius 3 is 2.65 bits per heavy atom. The van der Waals surface area contributed by atoms with Gasteiger partial charge >= 0.3 is 6.18 Å². The number of nitrogens with two attached hydrogens (primary N) is 1. The Balaban J connectivity index is 2.18. The van der Waals surface area contributed by atoms with Crippen molar-refractivity contribution in [1.29, 1.82) is 0 Å². The molecular weight excluding hydrogens is 333 g/mol. The molecular formula is C14H18BrF3N2. The van der Waals surface area contributed by atoms with Crippen LogP contribution in [0.5, 0.6) is 0 Å². The van der Waals surface area contributed by atoms with Crippen molar-refractivity contribution >= 4 is 15.9 Å². The van der Waals surface area contributed by atoms with Gasteiger partial charge in [0.05, 0.1) is 5.92 Å². The second-order valence-electron chi connectivity index (χ2n) is 5.15. The molecule has 2 unspecified atom stereocenters. The van der Waals surface area contributed by atoms with Gasteiger partial charge in [0.1, 0.15) is 0 Å². The molecule has 1 heterocycles. The van der Waals surface area contributed by atoms with Crippen molar-refractivity contribution in [3.63, 3.8) is 0 Å². The number of alkyl halides is 3. The summed E-state index contributed by atoms with van der Waals surface area (Å²) in [7, 11) is 0. The van der Waals surface area contributed by atoms with Gasteiger partial charge in [0.15, 0.2) is 0 Å². The van der Waals surface area contributed by atoms with E-state index in [4.69, 9.17) is 5.73 Å². The van der Waals surface area contributed by atoms with Gasteiger partial charge < -0.3 is 5.73 Å². The van der Waals surface area contributed by atoms with Crippen LogP contribution in [0.2, 0.25) is 0 Å². The van der Waals surface area contributed by atoms with E-state index in [1.54, 1.807) is 0 Å². The third-order valence-corrected chi connectivity index (χ3v) is 4.57. The highest BCUT2D eigenvalue weighted by Crippen LogP contribution is 2.36. The van der Waals surface area contributed by atoms with Gasteiger partial charge in [0, 0.05) is 23.6 Å². The molecule has 2 N–H and O–H groups in total. The number of benzene rings is 1. The van der Waals surface area contributed by atoms with Crippen molar-refractivity contribution in [2.45, 2.75) is 25.1 Å². The fourth-order valence-corrected chi connectivity index (χ4v) is 3.32. The monoisotopic (exact) mass is 350 g/mol. The van der Waals surface area contributed by atoms with E-state index in [0.29, 0.717) is 19.5 Å². The van der Waals surface area contributed by atoms with Crippen molar-refractivity contribution in [2.24, 2.45) is 11.7 Å². The summed E-state index contributed by atoms with van der Waals surface area (Å²) in [6.07, 6.45) is -3.34. The summed E-state index contributed by atoms with van der Waals surface area (Å²) in [5, 5.41) is 0. The maximum absolute atomic E-state index is 12.9. The molecule has 1 fully saturated rings. The number of rotatable bonds is 3. The molecule has 1 aromatic carbocycles. The van der Waals surface area contributed by atoms with Gasteiger partial charge in [0.2, 0.25) is 0 Å². The summed E-state index contributed by atoms with van der Waals surface area (Å²) in [5.74, 6) is -1.24. The van der Waals surface area contributed by atoms with E-state index in [-0.39, 0.29) is 19.0 Å². The summed E-state index contributed by atoms with van der Waals surface area (Å²) in [4.78, 5) is 1.86. The lowest BCUT2D eigenvalue weighted by Crippen LogP contribution is -2.45. The maximum Gasteiger partial charge on any atom is 0.393 e. The molecule has 2 nitrogen and oxygen atoms in total. The third-order valence-electron chi connectivity index (χ3n) is 3.84. The van der Waals surface area contributed by atoms with E-state index in [1.807, 2.05) is 29.2 Å². The minimum atomic E-state index is -4.12. The Hall–Kier alpha value is -0.590. The average Bonchev–Trinajstić information content (AvgIpc) is 2.41. The first kappa shape index (κ1) is 15.8. The van der Waals surface area contributed by atoms with Gasteiger partial charge in [-0.05, 0) is 31.0 Å². The molecule has 1 aliphatic rings. The van der Waals surface area contributed by atoms with Gasteiger partial charge in [-0.3, -0.25) is 4.90 Å². The lowest BCUT2D eigenvalue weighted by Gasteiger charge is -2.39. The van der Waals surface area contributed by atoms with Crippen LogP contribution < -0.4 is 5.73 Å². The molecule has 0 aromatic heterocycles. The second-order valence-corrected chi connectivity index (χ2v) is 6.00. The first-order valence-electron chi connectivity index (χ1n) is 6.68. The van der Waals surface area contributed by atoms with Crippen molar-refractivity contribution in [1.82, 2.24) is 4.90 Å². The molecule has 0 bridgehead atoms. The van der Waals surface area contributed by atoms with Gasteiger partial charge in [0.25, 0.3) is 0 Å². The van der Waals surface area contributed by atoms with Crippen LogP contribution in [0.25, 0.3) is 0 Å². The van der Waals surface area contributed by atoms with Crippen LogP contribution in [-0.2, 0) is 0 Å². The average molecular weight is 351 g/mol. The van der Waals surface area contributed by atoms with E-state index < -0.39 is 12.1 Å². The minimum absolute atomic E-state index is 0.0344. The Kier molecular flexibility index (Phi) is 5.09. The number of likely N-dealkylation sites (tertiary alicyclic amines) is 1. The predicted molar refractivity (Wildman–Crippen MR) is 76.3 cm³/mol. The summed E-state index contributed by atoms with van der Waals surface area (Å²) < 4.78 is 39.6. The van der Waals surface area contributed by atoms with Crippen LogP contribution in [0.3, 0.4) is 0 Å². The number of piperidine rings is 1. The van der Waals surface area contributed by atoms with Crippen LogP contribution >= 0.6 is 15.9 Å². The van der Waals surface area contributed by atoms with E-state index in [9.17, 15) is 13.2 Å². The van der Waals surface area contributed by atoms with Crippen LogP contribution in [0.1, 0.15) is 24.4 Å². The Labute approximate surface area is 125 Å². The van der Waals surface area contributed by atoms with Crippen LogP contribution in [-0.4, -0.2) is 30.7 Å². The molecule has 6 heteroatoms. The van der Waals surface area contributed by atoms with Gasteiger partial charge in [-0.2, -0.15) is 13.2 Å². The van der Waals surface area contributed by atoms with Gasteiger partial charge in [-0.15, -0.1) is 0 Å². The quantitative estimate of drug-likeness (QED) is 0.899. The molecule has 0 aliphatic carbocycles. The smallest absolute Gasteiger partial charge is 0.329 e. The fourth-order valence-electron chi connectivity index (χ4n) is 2.77. The zero-order chi connectivity index (χ0) is 14.8. The lowest BCUT2D eigenvalue weighted by molar-refractivity contribution is -0.188. The van der Waals surface area contributed by atoms with E-state index in [1.165, 1.54) is 0 Å². The molecule has 1 aliphatic heterocycles. The van der Waals surface area contributed by atoms with Crippen LogP contribution in [0.15, 0.2) is 28.7 Å². The predicted octanol–water partition coefficient (Wildman–Crippen LogP) is 3.72. The second kappa shape index (κ2) is 6.45. The van der Waals surface area contributed by atoms with Gasteiger partial charge in [-0.1, -0.05) is 34.1 Å². The number of halogens is 4. The molecule has 1 aromatic rings. The molecule has 0 saturated carbocycles. The zero-order valence-corrected chi connectivity index (χ0v) is 12.6. The normalized spacial score (nSPS) is 22.8. The van der Waals surface area contributed by atoms with Crippen LogP contribution in [0, 0.1) is 5.92 Å². The minimum Gasteiger partial charge on any atom is -0.329 e. The standard InChI is InChI=1S/C14H18BrF3N2/c15-12-6-2-1-5-11(12)13(8-19)20-7-3-4-10(9-20)14(16,17)18/h1-2,5-6,10,13H,3-4,7-9,19H2. The van der Waals surface area contributed by atoms with Crippen LogP contribution in [0.4, 0.5) is 13.2 Å². The third kappa shape index (κ3) is 3.54. The zero-order valence-electron chi connectivity index (χ0n) is 11.0. The van der Waals surface area contributed by atoms with Gasteiger partial charge in [-0.25, -0.2) is 0 Å². The first-order chi connectivity index (χ1) is 9.43. The molecule has 0 radical (unpaired) electrons. The largest absolute Gasteiger partial charge is 0.393 e. The molecule has 0 amide bonds. The number of hydrogen-bond donors (Lipinski definition) is 1. The summed E-state index contributed by atoms with van der Waals surface area (Å²) in [6.45, 7) is 1.01. The highest BCUT2D eigenvalue weighted by atomic mass is 79.9. The lowest BCUT2D eigenvalue weighted by atomic mass is 9.94. The van der Waals surface area contributed by atoms with Crippen molar-refractivity contribution < 1.29 is 13.2 Å². The van der Waals surface area contributed by atoms with Crippen molar-refractivity contribution in [2.75, 3.05) is 19.6 Å². The summed E-state index contributed by atoms with van der Waals surface area (Å²) >= 11 is 3.45. The molecule has 0 spiro atoms. The highest BCUT2D eigenvalue weighted by molar-refractivity contribution is 9.10. The Morgan fingerprint density at radius 2 is 2.05 bits per heavy atom. The highest BCUT2D eigenvalue weighted by Gasteiger charge is 2.42. The van der Waals surface area contributed by atoms with E-state index >= 15 is 0 Å². The molecule has 2 rings (SSSR count). The summed E-state index contributed by atoms with van der Waals surface area (Å²) in [5.41, 5.74) is 6.77. The Bertz CT molecular complexity index is 450. The topological polar surface area (TPSA) is 29.3 Å². The SMILES string of the molecule is NCC(c1ccccc1Br)N1CCCC(C(F)(F)F)C1. The van der Waals surface area contributed by atoms with Crippen molar-refractivity contribution in [3.05, 3.63) is 34.3 Å². The Morgan fingerprint density at radius 1 is 1.35 bits per heavy atom. The maximum atomic E-state index is 12.9. The molecule has 2 atom stereocenters. The fraction of sp³-hybridized carbons (Fsp3) is 0.571. The number of hydrogen-bond acceptors (Lipinski definition) is 2. The first-order valence-corrected chi connectivity index (χ1v) is 7.48.